The van der Waals surface area contributed by atoms with Gasteiger partial charge in [0.15, 0.2) is 12.2 Å². The molecule has 1 saturated heterocycles. The number of epoxide rings is 1. The van der Waals surface area contributed by atoms with Gasteiger partial charge in [-0.25, -0.2) is 51.1 Å². The summed E-state index contributed by atoms with van der Waals surface area (Å²) in [5.41, 5.74) is -3.50. The number of hydrogen-bond acceptors (Lipinski definition) is 19. The fourth-order valence-corrected chi connectivity index (χ4v) is 5.76. The van der Waals surface area contributed by atoms with Crippen LogP contribution in [0.25, 0.3) is 0 Å². The summed E-state index contributed by atoms with van der Waals surface area (Å²) in [6, 6.07) is 11.2. The zero-order valence-electron chi connectivity index (χ0n) is 49.1. The Morgan fingerprint density at radius 3 is 1.26 bits per heavy atom. The van der Waals surface area contributed by atoms with Crippen molar-refractivity contribution in [3.63, 3.8) is 0 Å². The summed E-state index contributed by atoms with van der Waals surface area (Å²) in [7, 11) is 0. The van der Waals surface area contributed by atoms with Crippen molar-refractivity contribution in [2.24, 2.45) is 0 Å². The molecule has 1 aliphatic heterocycles. The smallest absolute Gasteiger partial charge is 0.412 e. The minimum Gasteiger partial charge on any atom is -0.463 e. The molecule has 4 unspecified atom stereocenters. The van der Waals surface area contributed by atoms with E-state index in [4.69, 9.17) is 37.9 Å². The Morgan fingerprint density at radius 1 is 0.595 bits per heavy atom. The molecular formula is C56H74F4N8O16. The molecular weight excluding hydrogens is 1120 g/mol. The number of aliphatic hydroxyl groups excluding tert-OH is 1. The van der Waals surface area contributed by atoms with Crippen molar-refractivity contribution in [1.29, 1.82) is 0 Å². The average Bonchev–Trinajstić information content (AvgIpc) is 3.69. The number of hydrogen-bond donors (Lipinski definition) is 3. The summed E-state index contributed by atoms with van der Waals surface area (Å²) in [6.07, 6.45) is 3.99. The highest BCUT2D eigenvalue weighted by atomic mass is 19.1. The molecule has 3 aromatic heterocycles. The van der Waals surface area contributed by atoms with Gasteiger partial charge in [-0.2, -0.15) is 15.3 Å². The topological polar surface area (TPSA) is 294 Å². The molecule has 4 heterocycles. The molecule has 24 nitrogen and oxygen atoms in total. The third-order valence-electron chi connectivity index (χ3n) is 9.10. The largest absolute Gasteiger partial charge is 0.463 e. The minimum atomic E-state index is -1.36. The van der Waals surface area contributed by atoms with Crippen LogP contribution in [-0.2, 0) is 81.5 Å². The van der Waals surface area contributed by atoms with Crippen LogP contribution in [0.15, 0.2) is 104 Å². The first kappa shape index (κ1) is 71.4. The van der Waals surface area contributed by atoms with E-state index in [1.807, 2.05) is 52.2 Å². The van der Waals surface area contributed by atoms with E-state index in [9.17, 15) is 56.2 Å². The Kier molecular flexibility index (Phi) is 28.4. The van der Waals surface area contributed by atoms with Crippen LogP contribution >= 0.6 is 0 Å². The van der Waals surface area contributed by atoms with Gasteiger partial charge >= 0.3 is 42.0 Å². The van der Waals surface area contributed by atoms with Crippen LogP contribution < -0.4 is 10.6 Å². The van der Waals surface area contributed by atoms with Crippen LogP contribution in [0.5, 0.6) is 0 Å². The van der Waals surface area contributed by atoms with Crippen molar-refractivity contribution >= 4 is 53.4 Å². The van der Waals surface area contributed by atoms with E-state index in [0.29, 0.717) is 6.61 Å². The number of nitrogens with one attached hydrogen (secondary N) is 2. The van der Waals surface area contributed by atoms with Crippen molar-refractivity contribution in [3.8, 4) is 0 Å². The standard InChI is InChI=1S/C17H19F2N3O4.C15H15F2N3O4.C10H16N2O3.C7H12O3.C7H12O2/c1-17(2,3)26-15(23)13(10-22-9-5-8-20-22)25-16(24)21-14-11(18)6-4-7-12(14)19;1-2-23-14(21)12(9-20-8-4-7-18-20)24-15(22)19-13-10(16)5-3-6-11(13)17;1-10(2,3)15-9(14)8(13)7-12-6-4-5-11-12;1-7(2,3)10-6(8)5-4-9-5;1-5-6(8)9-7(2,3)4/h4-9,13H,10H2,1-3H3,(H,21,24);3-8,12H,2,9H2,1H3,(H,19,22);4-6,8,13H,7H2,1-3H3;5H,4H2,1-3H3;5H,1H2,2-4H3. The minimum absolute atomic E-state index is 0.0847. The van der Waals surface area contributed by atoms with Gasteiger partial charge in [0.05, 0.1) is 32.8 Å². The zero-order chi connectivity index (χ0) is 63.6. The van der Waals surface area contributed by atoms with Crippen LogP contribution in [0.1, 0.15) is 90.0 Å². The Bertz CT molecular complexity index is 2840. The van der Waals surface area contributed by atoms with E-state index in [1.54, 1.807) is 91.5 Å². The lowest BCUT2D eigenvalue weighted by atomic mass is 10.2. The highest BCUT2D eigenvalue weighted by Crippen LogP contribution is 2.21. The molecule has 462 valence electrons. The number of aliphatic hydroxyl groups is 1. The molecule has 0 aliphatic carbocycles. The molecule has 1 fully saturated rings. The average molecular weight is 1190 g/mol. The fraction of sp³-hybridized carbons (Fsp3) is 0.464. The van der Waals surface area contributed by atoms with E-state index >= 15 is 0 Å². The number of anilines is 2. The summed E-state index contributed by atoms with van der Waals surface area (Å²) in [6.45, 7) is 26.6. The number of benzene rings is 2. The maximum atomic E-state index is 13.6. The summed E-state index contributed by atoms with van der Waals surface area (Å²) >= 11 is 0. The number of esters is 5. The number of ether oxygens (including phenoxy) is 8. The maximum absolute atomic E-state index is 13.6. The highest BCUT2D eigenvalue weighted by molar-refractivity contribution is 5.88. The van der Waals surface area contributed by atoms with Gasteiger partial charge in [-0.1, -0.05) is 18.7 Å². The molecule has 1 aliphatic rings. The van der Waals surface area contributed by atoms with E-state index in [-0.39, 0.29) is 49.9 Å². The van der Waals surface area contributed by atoms with Crippen LogP contribution in [0.2, 0.25) is 0 Å². The van der Waals surface area contributed by atoms with Gasteiger partial charge in [0.1, 0.15) is 57.0 Å². The predicted octanol–water partition coefficient (Wildman–Crippen LogP) is 8.29. The number of aromatic nitrogens is 6. The Labute approximate surface area is 483 Å². The molecule has 5 aromatic rings. The number of carbonyl (C=O) groups is 7. The van der Waals surface area contributed by atoms with Crippen LogP contribution in [0, 0.1) is 23.3 Å². The first-order chi connectivity index (χ1) is 39.0. The molecule has 6 rings (SSSR count). The van der Waals surface area contributed by atoms with Gasteiger partial charge in [-0.15, -0.1) is 0 Å². The van der Waals surface area contributed by atoms with Gasteiger partial charge in [-0.3, -0.25) is 24.7 Å². The Balaban J connectivity index is 0.000000380. The third-order valence-corrected chi connectivity index (χ3v) is 9.10. The molecule has 0 bridgehead atoms. The van der Waals surface area contributed by atoms with Crippen molar-refractivity contribution in [2.75, 3.05) is 23.8 Å². The molecule has 0 radical (unpaired) electrons. The van der Waals surface area contributed by atoms with Gasteiger partial charge in [-0.05, 0) is 132 Å². The second-order valence-electron chi connectivity index (χ2n) is 21.3. The first-order valence-electron chi connectivity index (χ1n) is 25.8. The summed E-state index contributed by atoms with van der Waals surface area (Å²) in [5, 5.41) is 25.1. The quantitative estimate of drug-likeness (QED) is 0.0275. The van der Waals surface area contributed by atoms with Crippen molar-refractivity contribution in [3.05, 3.63) is 128 Å². The van der Waals surface area contributed by atoms with Crippen LogP contribution in [0.3, 0.4) is 0 Å². The number of amides is 2. The van der Waals surface area contributed by atoms with Crippen LogP contribution in [-0.4, -0.2) is 137 Å². The Hall–Kier alpha value is -8.66. The van der Waals surface area contributed by atoms with Gasteiger partial charge in [0.2, 0.25) is 12.2 Å². The predicted molar refractivity (Wildman–Crippen MR) is 293 cm³/mol. The fourth-order valence-electron chi connectivity index (χ4n) is 5.76. The number of halogens is 4. The van der Waals surface area contributed by atoms with Crippen molar-refractivity contribution in [2.45, 2.75) is 156 Å². The summed E-state index contributed by atoms with van der Waals surface area (Å²) in [4.78, 5) is 80.8. The second kappa shape index (κ2) is 33.4. The Morgan fingerprint density at radius 2 is 0.952 bits per heavy atom. The van der Waals surface area contributed by atoms with E-state index in [1.165, 1.54) is 26.4 Å². The first-order valence-corrected chi connectivity index (χ1v) is 25.8. The van der Waals surface area contributed by atoms with Crippen molar-refractivity contribution in [1.82, 2.24) is 29.3 Å². The SMILES string of the molecule is C=CC(=O)OC(C)(C)C.CC(C)(C)OC(=O)C(Cn1cccn1)OC(=O)Nc1c(F)cccc1F.CC(C)(C)OC(=O)C(O)Cn1cccn1.CC(C)(C)OC(=O)C1CO1.CCOC(=O)C(Cn1cccn1)OC(=O)Nc1c(F)cccc1F. The second-order valence-corrected chi connectivity index (χ2v) is 21.3. The van der Waals surface area contributed by atoms with E-state index < -0.39 is 99.9 Å². The van der Waals surface area contributed by atoms with Crippen LogP contribution in [0.4, 0.5) is 38.5 Å². The summed E-state index contributed by atoms with van der Waals surface area (Å²) in [5.74, 6) is -6.72. The number of carbonyl (C=O) groups excluding carboxylic acids is 7. The van der Waals surface area contributed by atoms with Crippen molar-refractivity contribution < 1.29 is 94.1 Å². The molecule has 2 amide bonds. The maximum Gasteiger partial charge on any atom is 0.412 e. The lowest BCUT2D eigenvalue weighted by Crippen LogP contribution is -2.38. The zero-order valence-corrected chi connectivity index (χ0v) is 49.1. The van der Waals surface area contributed by atoms with Gasteiger partial charge in [0, 0.05) is 43.3 Å². The molecule has 0 saturated carbocycles. The lowest BCUT2D eigenvalue weighted by Gasteiger charge is -2.24. The molecule has 0 spiro atoms. The lowest BCUT2D eigenvalue weighted by molar-refractivity contribution is -0.166. The highest BCUT2D eigenvalue weighted by Gasteiger charge is 2.35. The molecule has 84 heavy (non-hydrogen) atoms. The number of para-hydroxylation sites is 2. The molecule has 4 atom stereocenters. The monoisotopic (exact) mass is 1190 g/mol. The summed E-state index contributed by atoms with van der Waals surface area (Å²) < 4.78 is 98.1. The van der Waals surface area contributed by atoms with Gasteiger partial charge in [0.25, 0.3) is 0 Å². The molecule has 28 heteroatoms. The third kappa shape index (κ3) is 30.4. The number of rotatable bonds is 16. The van der Waals surface area contributed by atoms with E-state index in [2.05, 4.69) is 21.9 Å². The molecule has 2 aromatic carbocycles. The number of nitrogens with zero attached hydrogens (tertiary/aromatic N) is 6. The van der Waals surface area contributed by atoms with E-state index in [0.717, 1.165) is 42.5 Å². The molecule has 3 N–H and O–H groups in total. The van der Waals surface area contributed by atoms with Gasteiger partial charge < -0.3 is 43.0 Å². The normalized spacial score (nSPS) is 13.6.